The fourth-order valence-corrected chi connectivity index (χ4v) is 2.30. The van der Waals surface area contributed by atoms with E-state index in [4.69, 9.17) is 14.6 Å². The van der Waals surface area contributed by atoms with Gasteiger partial charge >= 0.3 is 5.97 Å². The molecule has 2 unspecified atom stereocenters. The lowest BCUT2D eigenvalue weighted by molar-refractivity contribution is -0.151. The molecule has 2 heterocycles. The number of carboxylic acid groups (broad SMARTS) is 1. The lowest BCUT2D eigenvalue weighted by atomic mass is 10.1. The smallest absolute Gasteiger partial charge is 0.323 e. The van der Waals surface area contributed by atoms with Gasteiger partial charge < -0.3 is 14.6 Å². The first-order valence-corrected chi connectivity index (χ1v) is 5.93. The van der Waals surface area contributed by atoms with E-state index >= 15 is 0 Å². The van der Waals surface area contributed by atoms with Gasteiger partial charge in [0.1, 0.15) is 6.04 Å². The van der Waals surface area contributed by atoms with Crippen LogP contribution < -0.4 is 0 Å². The van der Waals surface area contributed by atoms with Crippen LogP contribution in [0.25, 0.3) is 0 Å². The van der Waals surface area contributed by atoms with Crippen molar-refractivity contribution in [3.05, 3.63) is 0 Å². The van der Waals surface area contributed by atoms with Crippen LogP contribution in [-0.2, 0) is 14.3 Å². The van der Waals surface area contributed by atoms with Gasteiger partial charge in [-0.1, -0.05) is 0 Å². The van der Waals surface area contributed by atoms with Crippen LogP contribution in [0.3, 0.4) is 0 Å². The summed E-state index contributed by atoms with van der Waals surface area (Å²) in [5.74, 6) is -0.796. The number of nitrogens with zero attached hydrogens (tertiary/aromatic N) is 1. The summed E-state index contributed by atoms with van der Waals surface area (Å²) < 4.78 is 10.8. The lowest BCUT2D eigenvalue weighted by Crippen LogP contribution is -2.52. The van der Waals surface area contributed by atoms with E-state index in [0.717, 1.165) is 26.0 Å². The summed E-state index contributed by atoms with van der Waals surface area (Å²) in [6.07, 6.45) is 3.56. The van der Waals surface area contributed by atoms with E-state index < -0.39 is 12.0 Å². The van der Waals surface area contributed by atoms with E-state index in [2.05, 4.69) is 0 Å². The lowest BCUT2D eigenvalue weighted by Gasteiger charge is -2.36. The van der Waals surface area contributed by atoms with Gasteiger partial charge in [-0.3, -0.25) is 9.69 Å². The average molecular weight is 229 g/mol. The number of carbonyl (C=O) groups is 1. The highest BCUT2D eigenvalue weighted by Gasteiger charge is 2.31. The standard InChI is InChI=1S/C11H19NO4/c13-11(14)10-8-15-6-4-12(10)7-9-3-1-2-5-16-9/h9-10H,1-8H2,(H,13,14). The molecule has 0 aromatic heterocycles. The van der Waals surface area contributed by atoms with E-state index in [1.54, 1.807) is 0 Å². The molecule has 0 spiro atoms. The zero-order valence-corrected chi connectivity index (χ0v) is 9.43. The molecule has 2 fully saturated rings. The van der Waals surface area contributed by atoms with Crippen molar-refractivity contribution in [2.45, 2.75) is 31.4 Å². The molecule has 16 heavy (non-hydrogen) atoms. The molecule has 5 nitrogen and oxygen atoms in total. The molecular formula is C11H19NO4. The highest BCUT2D eigenvalue weighted by atomic mass is 16.5. The first kappa shape index (κ1) is 11.8. The molecule has 0 aromatic rings. The molecule has 2 atom stereocenters. The van der Waals surface area contributed by atoms with Gasteiger partial charge in [0.05, 0.1) is 19.3 Å². The van der Waals surface area contributed by atoms with Gasteiger partial charge in [0.25, 0.3) is 0 Å². The molecule has 2 rings (SSSR count). The first-order valence-electron chi connectivity index (χ1n) is 5.93. The molecule has 0 aromatic carbocycles. The Kier molecular flexibility index (Phi) is 4.15. The molecule has 5 heteroatoms. The molecule has 1 N–H and O–H groups in total. The zero-order valence-electron chi connectivity index (χ0n) is 9.43. The number of aliphatic carboxylic acids is 1. The van der Waals surface area contributed by atoms with E-state index in [0.29, 0.717) is 19.8 Å². The van der Waals surface area contributed by atoms with Crippen LogP contribution in [0.1, 0.15) is 19.3 Å². The third kappa shape index (κ3) is 2.93. The van der Waals surface area contributed by atoms with Crippen LogP contribution in [0.5, 0.6) is 0 Å². The molecule has 0 amide bonds. The Hall–Kier alpha value is -0.650. The van der Waals surface area contributed by atoms with Gasteiger partial charge in [-0.25, -0.2) is 0 Å². The maximum Gasteiger partial charge on any atom is 0.323 e. The topological polar surface area (TPSA) is 59.0 Å². The van der Waals surface area contributed by atoms with Gasteiger partial charge in [0.2, 0.25) is 0 Å². The fraction of sp³-hybridized carbons (Fsp3) is 0.909. The van der Waals surface area contributed by atoms with Crippen molar-refractivity contribution in [2.75, 3.05) is 32.9 Å². The molecule has 0 aliphatic carbocycles. The van der Waals surface area contributed by atoms with Crippen molar-refractivity contribution < 1.29 is 19.4 Å². The van der Waals surface area contributed by atoms with Crippen molar-refractivity contribution >= 4 is 5.97 Å². The second-order valence-corrected chi connectivity index (χ2v) is 4.41. The van der Waals surface area contributed by atoms with E-state index in [9.17, 15) is 4.79 Å². The van der Waals surface area contributed by atoms with E-state index in [-0.39, 0.29) is 6.10 Å². The Balaban J connectivity index is 1.87. The average Bonchev–Trinajstić information content (AvgIpc) is 2.31. The van der Waals surface area contributed by atoms with Crippen LogP contribution >= 0.6 is 0 Å². The van der Waals surface area contributed by atoms with Crippen molar-refractivity contribution in [3.8, 4) is 0 Å². The third-order valence-corrected chi connectivity index (χ3v) is 3.24. The summed E-state index contributed by atoms with van der Waals surface area (Å²) in [6.45, 7) is 3.14. The summed E-state index contributed by atoms with van der Waals surface area (Å²) in [7, 11) is 0. The second kappa shape index (κ2) is 5.61. The van der Waals surface area contributed by atoms with Crippen molar-refractivity contribution in [1.82, 2.24) is 4.90 Å². The SMILES string of the molecule is O=C(O)C1COCCN1CC1CCCCO1. The van der Waals surface area contributed by atoms with Gasteiger partial charge in [0.15, 0.2) is 0 Å². The normalized spacial score (nSPS) is 32.5. The maximum atomic E-state index is 11.0. The molecule has 0 saturated carbocycles. The maximum absolute atomic E-state index is 11.0. The Morgan fingerprint density at radius 3 is 2.94 bits per heavy atom. The predicted molar refractivity (Wildman–Crippen MR) is 57.4 cm³/mol. The summed E-state index contributed by atoms with van der Waals surface area (Å²) in [5.41, 5.74) is 0. The molecule has 92 valence electrons. The van der Waals surface area contributed by atoms with E-state index in [1.807, 2.05) is 4.90 Å². The number of hydrogen-bond donors (Lipinski definition) is 1. The number of ether oxygens (including phenoxy) is 2. The van der Waals surface area contributed by atoms with Gasteiger partial charge in [-0.15, -0.1) is 0 Å². The number of rotatable bonds is 3. The predicted octanol–water partition coefficient (Wildman–Crippen LogP) is 0.341. The molecular weight excluding hydrogens is 210 g/mol. The van der Waals surface area contributed by atoms with Crippen LogP contribution in [0.2, 0.25) is 0 Å². The summed E-state index contributed by atoms with van der Waals surface area (Å²) in [4.78, 5) is 13.0. The highest BCUT2D eigenvalue weighted by molar-refractivity contribution is 5.73. The van der Waals surface area contributed by atoms with Crippen molar-refractivity contribution in [3.63, 3.8) is 0 Å². The van der Waals surface area contributed by atoms with Gasteiger partial charge in [0, 0.05) is 19.7 Å². The monoisotopic (exact) mass is 229 g/mol. The summed E-state index contributed by atoms with van der Waals surface area (Å²) in [6, 6.07) is -0.501. The molecule has 2 saturated heterocycles. The number of morpholine rings is 1. The Morgan fingerprint density at radius 2 is 2.25 bits per heavy atom. The van der Waals surface area contributed by atoms with Gasteiger partial charge in [-0.2, -0.15) is 0 Å². The molecule has 2 aliphatic heterocycles. The molecule has 0 radical (unpaired) electrons. The molecule has 2 aliphatic rings. The number of hydrogen-bond acceptors (Lipinski definition) is 4. The van der Waals surface area contributed by atoms with Crippen LogP contribution in [0, 0.1) is 0 Å². The minimum Gasteiger partial charge on any atom is -0.480 e. The minimum atomic E-state index is -0.796. The second-order valence-electron chi connectivity index (χ2n) is 4.41. The Morgan fingerprint density at radius 1 is 1.38 bits per heavy atom. The van der Waals surface area contributed by atoms with Crippen LogP contribution in [0.15, 0.2) is 0 Å². The zero-order chi connectivity index (χ0) is 11.4. The first-order chi connectivity index (χ1) is 7.77. The third-order valence-electron chi connectivity index (χ3n) is 3.24. The number of carboxylic acids is 1. The van der Waals surface area contributed by atoms with Crippen LogP contribution in [-0.4, -0.2) is 61.0 Å². The van der Waals surface area contributed by atoms with Crippen LogP contribution in [0.4, 0.5) is 0 Å². The van der Waals surface area contributed by atoms with Crippen molar-refractivity contribution in [1.29, 1.82) is 0 Å². The largest absolute Gasteiger partial charge is 0.480 e. The fourth-order valence-electron chi connectivity index (χ4n) is 2.30. The minimum absolute atomic E-state index is 0.202. The summed E-state index contributed by atoms with van der Waals surface area (Å²) in [5, 5.41) is 9.08. The highest BCUT2D eigenvalue weighted by Crippen LogP contribution is 2.16. The Bertz CT molecular complexity index is 240. The summed E-state index contributed by atoms with van der Waals surface area (Å²) >= 11 is 0. The quantitative estimate of drug-likeness (QED) is 0.756. The Labute approximate surface area is 95.3 Å². The van der Waals surface area contributed by atoms with E-state index in [1.165, 1.54) is 6.42 Å². The van der Waals surface area contributed by atoms with Crippen molar-refractivity contribution in [2.24, 2.45) is 0 Å². The molecule has 0 bridgehead atoms. The van der Waals surface area contributed by atoms with Gasteiger partial charge in [-0.05, 0) is 19.3 Å².